The van der Waals surface area contributed by atoms with Crippen LogP contribution in [-0.2, 0) is 6.42 Å². The normalized spacial score (nSPS) is 10.4. The van der Waals surface area contributed by atoms with Crippen LogP contribution in [0, 0.1) is 11.6 Å². The first-order valence-corrected chi connectivity index (χ1v) is 4.80. The lowest BCUT2D eigenvalue weighted by Gasteiger charge is -2.05. The molecule has 0 spiro atoms. The molecule has 0 fully saturated rings. The van der Waals surface area contributed by atoms with Crippen LogP contribution in [0.3, 0.4) is 0 Å². The van der Waals surface area contributed by atoms with Crippen molar-refractivity contribution in [1.82, 2.24) is 4.98 Å². The summed E-state index contributed by atoms with van der Waals surface area (Å²) in [5.74, 6) is -1.34. The van der Waals surface area contributed by atoms with E-state index in [4.69, 9.17) is 5.73 Å². The van der Waals surface area contributed by atoms with Crippen LogP contribution in [0.2, 0.25) is 0 Å². The fourth-order valence-electron chi connectivity index (χ4n) is 1.49. The van der Waals surface area contributed by atoms with Gasteiger partial charge in [-0.2, -0.15) is 0 Å². The van der Waals surface area contributed by atoms with Gasteiger partial charge in [0.1, 0.15) is 5.82 Å². The molecule has 0 bridgehead atoms. The Morgan fingerprint density at radius 1 is 1.06 bits per heavy atom. The second-order valence-electron chi connectivity index (χ2n) is 3.44. The topological polar surface area (TPSA) is 38.9 Å². The Morgan fingerprint density at radius 2 is 1.81 bits per heavy atom. The largest absolute Gasteiger partial charge is 0.383 e. The maximum Gasteiger partial charge on any atom is 0.162 e. The summed E-state index contributed by atoms with van der Waals surface area (Å²) < 4.78 is 26.3. The standard InChI is InChI=1S/C12H10F2N2/c13-10-5-1-3-8(11(10)14)7-9-4-2-6-16-12(9)15/h1-6H,7H2,(H2,15,16). The van der Waals surface area contributed by atoms with Crippen molar-refractivity contribution in [3.05, 3.63) is 59.3 Å². The molecule has 0 saturated carbocycles. The van der Waals surface area contributed by atoms with Gasteiger partial charge < -0.3 is 5.73 Å². The fourth-order valence-corrected chi connectivity index (χ4v) is 1.49. The summed E-state index contributed by atoms with van der Waals surface area (Å²) in [6.07, 6.45) is 1.80. The molecule has 0 amide bonds. The number of hydrogen-bond acceptors (Lipinski definition) is 2. The molecule has 16 heavy (non-hydrogen) atoms. The van der Waals surface area contributed by atoms with Gasteiger partial charge in [-0.25, -0.2) is 13.8 Å². The molecule has 1 aromatic heterocycles. The van der Waals surface area contributed by atoms with Crippen molar-refractivity contribution < 1.29 is 8.78 Å². The summed E-state index contributed by atoms with van der Waals surface area (Å²) in [7, 11) is 0. The van der Waals surface area contributed by atoms with Crippen molar-refractivity contribution in [1.29, 1.82) is 0 Å². The Bertz CT molecular complexity index is 512. The second-order valence-corrected chi connectivity index (χ2v) is 3.44. The molecule has 2 N–H and O–H groups in total. The summed E-state index contributed by atoms with van der Waals surface area (Å²) in [6, 6.07) is 7.55. The molecule has 0 unspecified atom stereocenters. The van der Waals surface area contributed by atoms with Crippen LogP contribution in [0.15, 0.2) is 36.5 Å². The maximum atomic E-state index is 13.4. The van der Waals surface area contributed by atoms with E-state index < -0.39 is 11.6 Å². The number of nitrogens with zero attached hydrogens (tertiary/aromatic N) is 1. The predicted molar refractivity (Wildman–Crippen MR) is 57.8 cm³/mol. The molecule has 0 aliphatic carbocycles. The summed E-state index contributed by atoms with van der Waals surface area (Å²) in [5, 5.41) is 0. The zero-order valence-corrected chi connectivity index (χ0v) is 8.45. The third-order valence-corrected chi connectivity index (χ3v) is 2.34. The van der Waals surface area contributed by atoms with Crippen LogP contribution < -0.4 is 5.73 Å². The van der Waals surface area contributed by atoms with Crippen LogP contribution in [0.25, 0.3) is 0 Å². The van der Waals surface area contributed by atoms with Crippen molar-refractivity contribution in [2.75, 3.05) is 5.73 Å². The van der Waals surface area contributed by atoms with Crippen LogP contribution in [-0.4, -0.2) is 4.98 Å². The van der Waals surface area contributed by atoms with Crippen molar-refractivity contribution in [2.24, 2.45) is 0 Å². The summed E-state index contributed by atoms with van der Waals surface area (Å²) in [6.45, 7) is 0. The van der Waals surface area contributed by atoms with Gasteiger partial charge in [-0.3, -0.25) is 0 Å². The first-order chi connectivity index (χ1) is 7.68. The molecule has 2 rings (SSSR count). The second kappa shape index (κ2) is 4.26. The van der Waals surface area contributed by atoms with E-state index in [0.29, 0.717) is 11.4 Å². The number of nitrogens with two attached hydrogens (primary N) is 1. The highest BCUT2D eigenvalue weighted by Gasteiger charge is 2.09. The lowest BCUT2D eigenvalue weighted by atomic mass is 10.1. The van der Waals surface area contributed by atoms with Crippen LogP contribution >= 0.6 is 0 Å². The summed E-state index contributed by atoms with van der Waals surface area (Å²) in [5.41, 5.74) is 6.59. The molecule has 1 heterocycles. The van der Waals surface area contributed by atoms with Gasteiger partial charge >= 0.3 is 0 Å². The molecule has 0 aliphatic rings. The van der Waals surface area contributed by atoms with E-state index in [0.717, 1.165) is 6.07 Å². The summed E-state index contributed by atoms with van der Waals surface area (Å²) >= 11 is 0. The molecule has 82 valence electrons. The molecule has 0 atom stereocenters. The molecular weight excluding hydrogens is 210 g/mol. The first kappa shape index (κ1) is 10.5. The smallest absolute Gasteiger partial charge is 0.162 e. The van der Waals surface area contributed by atoms with Gasteiger partial charge in [0, 0.05) is 12.6 Å². The van der Waals surface area contributed by atoms with E-state index in [-0.39, 0.29) is 12.0 Å². The van der Waals surface area contributed by atoms with E-state index >= 15 is 0 Å². The number of rotatable bonds is 2. The predicted octanol–water partition coefficient (Wildman–Crippen LogP) is 2.53. The first-order valence-electron chi connectivity index (χ1n) is 4.80. The average Bonchev–Trinajstić information content (AvgIpc) is 2.28. The van der Waals surface area contributed by atoms with E-state index in [9.17, 15) is 8.78 Å². The third-order valence-electron chi connectivity index (χ3n) is 2.34. The van der Waals surface area contributed by atoms with Gasteiger partial charge in [-0.1, -0.05) is 18.2 Å². The molecule has 4 heteroatoms. The highest BCUT2D eigenvalue weighted by Crippen LogP contribution is 2.18. The number of aromatic nitrogens is 1. The average molecular weight is 220 g/mol. The number of hydrogen-bond donors (Lipinski definition) is 1. The Hall–Kier alpha value is -1.97. The molecule has 0 saturated heterocycles. The van der Waals surface area contributed by atoms with Crippen molar-refractivity contribution in [3.8, 4) is 0 Å². The van der Waals surface area contributed by atoms with Gasteiger partial charge in [0.15, 0.2) is 11.6 Å². The SMILES string of the molecule is Nc1ncccc1Cc1cccc(F)c1F. The quantitative estimate of drug-likeness (QED) is 0.844. The van der Waals surface area contributed by atoms with Gasteiger partial charge in [0.2, 0.25) is 0 Å². The van der Waals surface area contributed by atoms with Gasteiger partial charge in [0.25, 0.3) is 0 Å². The molecule has 0 radical (unpaired) electrons. The summed E-state index contributed by atoms with van der Waals surface area (Å²) in [4.78, 5) is 3.89. The molecule has 1 aromatic carbocycles. The molecule has 2 nitrogen and oxygen atoms in total. The number of halogens is 2. The maximum absolute atomic E-state index is 13.4. The molecule has 0 aliphatic heterocycles. The zero-order valence-electron chi connectivity index (χ0n) is 8.45. The van der Waals surface area contributed by atoms with E-state index in [2.05, 4.69) is 4.98 Å². The Morgan fingerprint density at radius 3 is 2.56 bits per heavy atom. The van der Waals surface area contributed by atoms with Crippen molar-refractivity contribution in [3.63, 3.8) is 0 Å². The Balaban J connectivity index is 2.35. The number of nitrogen functional groups attached to an aromatic ring is 1. The minimum absolute atomic E-state index is 0.239. The van der Waals surface area contributed by atoms with E-state index in [1.165, 1.54) is 12.1 Å². The van der Waals surface area contributed by atoms with Crippen LogP contribution in [0.5, 0.6) is 0 Å². The van der Waals surface area contributed by atoms with E-state index in [1.807, 2.05) is 0 Å². The van der Waals surface area contributed by atoms with Crippen LogP contribution in [0.1, 0.15) is 11.1 Å². The molecule has 2 aromatic rings. The Labute approximate surface area is 91.7 Å². The Kier molecular flexibility index (Phi) is 2.81. The van der Waals surface area contributed by atoms with Gasteiger partial charge in [-0.05, 0) is 23.3 Å². The fraction of sp³-hybridized carbons (Fsp3) is 0.0833. The van der Waals surface area contributed by atoms with Crippen molar-refractivity contribution in [2.45, 2.75) is 6.42 Å². The third kappa shape index (κ3) is 2.00. The van der Waals surface area contributed by atoms with E-state index in [1.54, 1.807) is 18.3 Å². The van der Waals surface area contributed by atoms with Crippen molar-refractivity contribution >= 4 is 5.82 Å². The van der Waals surface area contributed by atoms with Gasteiger partial charge in [-0.15, -0.1) is 0 Å². The number of pyridine rings is 1. The minimum atomic E-state index is -0.847. The molecular formula is C12H10F2N2. The van der Waals surface area contributed by atoms with Gasteiger partial charge in [0.05, 0.1) is 0 Å². The lowest BCUT2D eigenvalue weighted by Crippen LogP contribution is -2.00. The minimum Gasteiger partial charge on any atom is -0.383 e. The van der Waals surface area contributed by atoms with Crippen LogP contribution in [0.4, 0.5) is 14.6 Å². The monoisotopic (exact) mass is 220 g/mol. The number of benzene rings is 1. The zero-order chi connectivity index (χ0) is 11.5. The highest BCUT2D eigenvalue weighted by molar-refractivity contribution is 5.42. The number of anilines is 1. The highest BCUT2D eigenvalue weighted by atomic mass is 19.2. The lowest BCUT2D eigenvalue weighted by molar-refractivity contribution is 0.501.